The van der Waals surface area contributed by atoms with E-state index < -0.39 is 0 Å². The van der Waals surface area contributed by atoms with Gasteiger partial charge in [-0.05, 0) is 6.92 Å². The Bertz CT molecular complexity index is 450. The highest BCUT2D eigenvalue weighted by molar-refractivity contribution is 5.90. The molecular formula is C9H11N3O2. The number of hydrogen-bond acceptors (Lipinski definition) is 3. The summed E-state index contributed by atoms with van der Waals surface area (Å²) >= 11 is 0. The van der Waals surface area contributed by atoms with E-state index in [4.69, 9.17) is 0 Å². The van der Waals surface area contributed by atoms with Crippen LogP contribution in [0.15, 0.2) is 11.0 Å². The Hall–Kier alpha value is -1.65. The van der Waals surface area contributed by atoms with Crippen molar-refractivity contribution in [1.29, 1.82) is 0 Å². The first-order valence-electron chi connectivity index (χ1n) is 4.46. The van der Waals surface area contributed by atoms with Crippen molar-refractivity contribution < 1.29 is 4.79 Å². The SMILES string of the molecule is CC(=O)N1CCn2c1ncc(C)c2=O. The fraction of sp³-hybridized carbons (Fsp3) is 0.444. The van der Waals surface area contributed by atoms with Gasteiger partial charge in [0.05, 0.1) is 0 Å². The van der Waals surface area contributed by atoms with Crippen molar-refractivity contribution in [2.75, 3.05) is 11.4 Å². The number of anilines is 1. The lowest BCUT2D eigenvalue weighted by atomic mass is 10.4. The van der Waals surface area contributed by atoms with E-state index in [1.165, 1.54) is 22.6 Å². The lowest BCUT2D eigenvalue weighted by Crippen LogP contribution is -2.27. The van der Waals surface area contributed by atoms with Gasteiger partial charge in [-0.2, -0.15) is 0 Å². The van der Waals surface area contributed by atoms with Crippen molar-refractivity contribution in [3.63, 3.8) is 0 Å². The molecule has 0 unspecified atom stereocenters. The highest BCUT2D eigenvalue weighted by atomic mass is 16.2. The predicted octanol–water partition coefficient (Wildman–Crippen LogP) is -0.0818. The summed E-state index contributed by atoms with van der Waals surface area (Å²) in [6.45, 7) is 4.28. The lowest BCUT2D eigenvalue weighted by Gasteiger charge is -2.11. The number of hydrogen-bond donors (Lipinski definition) is 0. The van der Waals surface area contributed by atoms with Gasteiger partial charge in [0, 0.05) is 31.8 Å². The molecule has 1 aromatic heterocycles. The molecule has 0 aliphatic carbocycles. The molecule has 1 aromatic rings. The maximum atomic E-state index is 11.6. The number of nitrogens with zero attached hydrogens (tertiary/aromatic N) is 3. The van der Waals surface area contributed by atoms with Crippen LogP contribution in [0.5, 0.6) is 0 Å². The van der Waals surface area contributed by atoms with E-state index >= 15 is 0 Å². The summed E-state index contributed by atoms with van der Waals surface area (Å²) in [4.78, 5) is 28.4. The van der Waals surface area contributed by atoms with Gasteiger partial charge in [0.1, 0.15) is 0 Å². The van der Waals surface area contributed by atoms with E-state index in [2.05, 4.69) is 4.98 Å². The van der Waals surface area contributed by atoms with Crippen LogP contribution in [0.4, 0.5) is 5.95 Å². The van der Waals surface area contributed by atoms with E-state index in [0.717, 1.165) is 0 Å². The van der Waals surface area contributed by atoms with E-state index in [0.29, 0.717) is 24.6 Å². The highest BCUT2D eigenvalue weighted by Gasteiger charge is 2.24. The van der Waals surface area contributed by atoms with Crippen LogP contribution < -0.4 is 10.5 Å². The van der Waals surface area contributed by atoms with Gasteiger partial charge >= 0.3 is 0 Å². The highest BCUT2D eigenvalue weighted by Crippen LogP contribution is 2.15. The molecule has 0 saturated heterocycles. The van der Waals surface area contributed by atoms with Gasteiger partial charge in [0.25, 0.3) is 5.56 Å². The third kappa shape index (κ3) is 1.13. The molecule has 14 heavy (non-hydrogen) atoms. The van der Waals surface area contributed by atoms with E-state index in [-0.39, 0.29) is 11.5 Å². The number of aromatic nitrogens is 2. The Kier molecular flexibility index (Phi) is 1.87. The Balaban J connectivity index is 2.59. The fourth-order valence-corrected chi connectivity index (χ4v) is 1.60. The van der Waals surface area contributed by atoms with Gasteiger partial charge in [-0.25, -0.2) is 4.98 Å². The van der Waals surface area contributed by atoms with Crippen LogP contribution in [0.3, 0.4) is 0 Å². The smallest absolute Gasteiger partial charge is 0.257 e. The predicted molar refractivity (Wildman–Crippen MR) is 51.3 cm³/mol. The number of carbonyl (C=O) groups is 1. The minimum absolute atomic E-state index is 0.0567. The number of amides is 1. The van der Waals surface area contributed by atoms with E-state index in [1.54, 1.807) is 6.92 Å². The number of aryl methyl sites for hydroxylation is 1. The third-order valence-corrected chi connectivity index (χ3v) is 2.37. The second kappa shape index (κ2) is 2.94. The molecule has 0 N–H and O–H groups in total. The topological polar surface area (TPSA) is 55.2 Å². The Morgan fingerprint density at radius 3 is 2.86 bits per heavy atom. The Morgan fingerprint density at radius 1 is 1.50 bits per heavy atom. The summed E-state index contributed by atoms with van der Waals surface area (Å²) in [5.74, 6) is 0.389. The van der Waals surface area contributed by atoms with Crippen LogP contribution in [0, 0.1) is 6.92 Å². The van der Waals surface area contributed by atoms with E-state index in [1.807, 2.05) is 0 Å². The van der Waals surface area contributed by atoms with Crippen molar-refractivity contribution in [2.24, 2.45) is 0 Å². The normalized spacial score (nSPS) is 14.3. The van der Waals surface area contributed by atoms with E-state index in [9.17, 15) is 9.59 Å². The second-order valence-corrected chi connectivity index (χ2v) is 3.37. The van der Waals surface area contributed by atoms with Crippen LogP contribution in [0.25, 0.3) is 0 Å². The molecule has 1 aliphatic rings. The molecule has 5 heteroatoms. The average Bonchev–Trinajstić information content (AvgIpc) is 2.55. The van der Waals surface area contributed by atoms with Crippen molar-refractivity contribution in [2.45, 2.75) is 20.4 Å². The zero-order chi connectivity index (χ0) is 10.3. The first kappa shape index (κ1) is 8.93. The largest absolute Gasteiger partial charge is 0.281 e. The minimum atomic E-state index is -0.0768. The molecule has 0 radical (unpaired) electrons. The Morgan fingerprint density at radius 2 is 2.21 bits per heavy atom. The molecule has 0 atom stereocenters. The molecule has 0 spiro atoms. The molecule has 0 fully saturated rings. The van der Waals surface area contributed by atoms with Crippen molar-refractivity contribution >= 4 is 11.9 Å². The zero-order valence-corrected chi connectivity index (χ0v) is 8.15. The average molecular weight is 193 g/mol. The minimum Gasteiger partial charge on any atom is -0.281 e. The molecule has 2 heterocycles. The van der Waals surface area contributed by atoms with Gasteiger partial charge in [0.2, 0.25) is 11.9 Å². The monoisotopic (exact) mass is 193 g/mol. The molecule has 1 amide bonds. The number of carbonyl (C=O) groups excluding carboxylic acids is 1. The summed E-state index contributed by atoms with van der Waals surface area (Å²) in [6, 6.07) is 0. The van der Waals surface area contributed by atoms with Crippen LogP contribution >= 0.6 is 0 Å². The van der Waals surface area contributed by atoms with Crippen molar-refractivity contribution in [3.8, 4) is 0 Å². The van der Waals surface area contributed by atoms with Crippen LogP contribution in [0.1, 0.15) is 12.5 Å². The van der Waals surface area contributed by atoms with Crippen LogP contribution in [-0.2, 0) is 11.3 Å². The number of fused-ring (bicyclic) bond motifs is 1. The quantitative estimate of drug-likeness (QED) is 0.579. The fourth-order valence-electron chi connectivity index (χ4n) is 1.60. The van der Waals surface area contributed by atoms with Gasteiger partial charge in [0.15, 0.2) is 0 Å². The summed E-state index contributed by atoms with van der Waals surface area (Å²) in [6.07, 6.45) is 1.51. The van der Waals surface area contributed by atoms with Gasteiger partial charge in [-0.3, -0.25) is 19.1 Å². The third-order valence-electron chi connectivity index (χ3n) is 2.37. The number of rotatable bonds is 0. The van der Waals surface area contributed by atoms with Crippen molar-refractivity contribution in [1.82, 2.24) is 9.55 Å². The zero-order valence-electron chi connectivity index (χ0n) is 8.15. The molecule has 74 valence electrons. The van der Waals surface area contributed by atoms with Crippen LogP contribution in [0.2, 0.25) is 0 Å². The van der Waals surface area contributed by atoms with Gasteiger partial charge in [-0.1, -0.05) is 0 Å². The molecular weight excluding hydrogens is 182 g/mol. The molecule has 0 bridgehead atoms. The first-order valence-corrected chi connectivity index (χ1v) is 4.46. The maximum absolute atomic E-state index is 11.6. The Labute approximate surface area is 81.0 Å². The summed E-state index contributed by atoms with van der Waals surface area (Å²) in [5, 5.41) is 0. The lowest BCUT2D eigenvalue weighted by molar-refractivity contribution is -0.116. The summed E-state index contributed by atoms with van der Waals surface area (Å²) in [5.41, 5.74) is 0.554. The second-order valence-electron chi connectivity index (χ2n) is 3.37. The summed E-state index contributed by atoms with van der Waals surface area (Å²) in [7, 11) is 0. The first-order chi connectivity index (χ1) is 6.61. The molecule has 5 nitrogen and oxygen atoms in total. The van der Waals surface area contributed by atoms with Crippen LogP contribution in [-0.4, -0.2) is 22.0 Å². The van der Waals surface area contributed by atoms with Gasteiger partial charge in [-0.15, -0.1) is 0 Å². The molecule has 0 saturated carbocycles. The molecule has 2 rings (SSSR count). The van der Waals surface area contributed by atoms with Crippen molar-refractivity contribution in [3.05, 3.63) is 22.1 Å². The maximum Gasteiger partial charge on any atom is 0.257 e. The molecule has 0 aromatic carbocycles. The molecule has 1 aliphatic heterocycles. The van der Waals surface area contributed by atoms with Gasteiger partial charge < -0.3 is 0 Å². The standard InChI is InChI=1S/C9H11N3O2/c1-6-5-10-9-11(7(2)13)3-4-12(9)8(6)14/h5H,3-4H2,1-2H3. The summed E-state index contributed by atoms with van der Waals surface area (Å²) < 4.78 is 1.54.